The third-order valence-electron chi connectivity index (χ3n) is 9.65. The van der Waals surface area contributed by atoms with Crippen LogP contribution < -0.4 is 16.0 Å². The van der Waals surface area contributed by atoms with Crippen LogP contribution in [0.25, 0.3) is 0 Å². The Morgan fingerprint density at radius 2 is 1.82 bits per heavy atom. The summed E-state index contributed by atoms with van der Waals surface area (Å²) in [5.41, 5.74) is -0.549. The number of fused-ring (bicyclic) bond motifs is 3. The van der Waals surface area contributed by atoms with Gasteiger partial charge in [0.25, 0.3) is 0 Å². The average molecular weight is 521 g/mol. The number of hydrogen-bond acceptors (Lipinski definition) is 5. The van der Waals surface area contributed by atoms with E-state index in [0.717, 1.165) is 45.1 Å². The molecule has 6 aliphatic rings. The van der Waals surface area contributed by atoms with Crippen molar-refractivity contribution in [2.75, 3.05) is 13.2 Å². The van der Waals surface area contributed by atoms with Gasteiger partial charge < -0.3 is 15.2 Å². The lowest BCUT2D eigenvalue weighted by Gasteiger charge is -2.58. The predicted molar refractivity (Wildman–Crippen MR) is 131 cm³/mol. The van der Waals surface area contributed by atoms with E-state index in [1.54, 1.807) is 0 Å². The first-order valence-electron chi connectivity index (χ1n) is 13.3. The van der Waals surface area contributed by atoms with Gasteiger partial charge in [-0.15, -0.1) is 23.2 Å². The number of carbonyl (C=O) groups is 1. The number of ether oxygens (including phenoxy) is 1. The number of halogens is 3. The van der Waals surface area contributed by atoms with Crippen LogP contribution in [0.2, 0.25) is 0 Å². The Bertz CT molecular complexity index is 730. The fourth-order valence-electron chi connectivity index (χ4n) is 7.41. The van der Waals surface area contributed by atoms with E-state index in [2.05, 4.69) is 16.0 Å². The molecule has 2 bridgehead atoms. The molecule has 0 spiro atoms. The Labute approximate surface area is 212 Å². The monoisotopic (exact) mass is 519 g/mol. The summed E-state index contributed by atoms with van der Waals surface area (Å²) in [6.07, 6.45) is 8.42. The van der Waals surface area contributed by atoms with Crippen LogP contribution in [0, 0.1) is 11.3 Å². The van der Waals surface area contributed by atoms with Crippen LogP contribution in [-0.2, 0) is 9.53 Å². The highest BCUT2D eigenvalue weighted by molar-refractivity contribution is 6.21. The van der Waals surface area contributed by atoms with E-state index in [1.807, 2.05) is 0 Å². The number of nitrogens with one attached hydrogen (secondary N) is 3. The van der Waals surface area contributed by atoms with Gasteiger partial charge in [-0.05, 0) is 76.5 Å². The van der Waals surface area contributed by atoms with Crippen molar-refractivity contribution in [1.29, 1.82) is 0 Å². The Morgan fingerprint density at radius 1 is 1.09 bits per heavy atom. The summed E-state index contributed by atoms with van der Waals surface area (Å²) in [4.78, 5) is 12.7. The molecule has 1 heterocycles. The molecule has 6 nitrogen and oxygen atoms in total. The molecule has 6 atom stereocenters. The molecule has 6 rings (SSSR count). The summed E-state index contributed by atoms with van der Waals surface area (Å²) in [6, 6.07) is 0.444. The minimum atomic E-state index is -1.07. The summed E-state index contributed by atoms with van der Waals surface area (Å²) in [6.45, 7) is 0.882. The predicted octanol–water partition coefficient (Wildman–Crippen LogP) is 3.37. The largest absolute Gasteiger partial charge is 0.392 e. The normalized spacial score (nSPS) is 49.2. The van der Waals surface area contributed by atoms with Crippen molar-refractivity contribution in [2.24, 2.45) is 11.3 Å². The van der Waals surface area contributed by atoms with Crippen molar-refractivity contribution in [3.8, 4) is 0 Å². The van der Waals surface area contributed by atoms with Crippen LogP contribution in [0.5, 0.6) is 0 Å². The van der Waals surface area contributed by atoms with Crippen molar-refractivity contribution >= 4 is 29.1 Å². The first-order chi connectivity index (χ1) is 16.3. The molecule has 0 aromatic heterocycles. The third-order valence-corrected chi connectivity index (χ3v) is 10.6. The minimum Gasteiger partial charge on any atom is -0.392 e. The summed E-state index contributed by atoms with van der Waals surface area (Å²) in [5, 5.41) is 21.9. The van der Waals surface area contributed by atoms with Crippen LogP contribution in [0.15, 0.2) is 0 Å². The number of aliphatic hydroxyl groups excluding tert-OH is 1. The fraction of sp³-hybridized carbons (Fsp3) is 0.960. The summed E-state index contributed by atoms with van der Waals surface area (Å²) >= 11 is 12.2. The van der Waals surface area contributed by atoms with E-state index in [4.69, 9.17) is 27.9 Å². The molecule has 1 saturated heterocycles. The summed E-state index contributed by atoms with van der Waals surface area (Å²) in [5.74, 6) is 0.482. The molecule has 5 unspecified atom stereocenters. The zero-order valence-corrected chi connectivity index (χ0v) is 21.4. The SMILES string of the molecule is O=C(COC1CCC(Cl)C(F)C1)NC12CCC(C3NCC(C4CCC(Cl)CC4)N3)(CC1)[C@@H](O)C2. The molecule has 5 saturated carbocycles. The molecule has 34 heavy (non-hydrogen) atoms. The van der Waals surface area contributed by atoms with E-state index < -0.39 is 17.7 Å². The van der Waals surface area contributed by atoms with E-state index in [-0.39, 0.29) is 42.2 Å². The van der Waals surface area contributed by atoms with Crippen molar-refractivity contribution in [1.82, 2.24) is 16.0 Å². The van der Waals surface area contributed by atoms with Gasteiger partial charge in [0.2, 0.25) is 5.91 Å². The molecule has 1 aliphatic heterocycles. The molecule has 0 radical (unpaired) electrons. The molecule has 0 aromatic rings. The molecule has 9 heteroatoms. The molecule has 4 N–H and O–H groups in total. The van der Waals surface area contributed by atoms with E-state index in [1.165, 1.54) is 12.8 Å². The number of hydrogen-bond donors (Lipinski definition) is 4. The number of amides is 1. The van der Waals surface area contributed by atoms with E-state index in [9.17, 15) is 14.3 Å². The molecular formula is C25H40Cl2FN3O3. The average Bonchev–Trinajstić information content (AvgIpc) is 3.32. The number of alkyl halides is 3. The van der Waals surface area contributed by atoms with Crippen LogP contribution in [0.4, 0.5) is 4.39 Å². The van der Waals surface area contributed by atoms with Gasteiger partial charge in [0.15, 0.2) is 0 Å². The van der Waals surface area contributed by atoms with Crippen molar-refractivity contribution in [2.45, 2.75) is 124 Å². The maximum Gasteiger partial charge on any atom is 0.246 e. The van der Waals surface area contributed by atoms with Crippen LogP contribution >= 0.6 is 23.2 Å². The van der Waals surface area contributed by atoms with Gasteiger partial charge in [0.05, 0.1) is 23.8 Å². The first-order valence-corrected chi connectivity index (χ1v) is 14.2. The standard InChI is InChI=1S/C25H40Cl2FN3O3/c26-16-3-1-15(2-4-16)20-13-29-23(30-20)25-9-7-24(8-10-25,12-21(25)32)31-22(33)14-34-17-5-6-18(27)19(28)11-17/h15-21,23,29-30,32H,1-14H2,(H,31,33)/t15?,16?,17?,18?,19?,20?,21-,23?,24?,25?/m0/s1. The highest BCUT2D eigenvalue weighted by Crippen LogP contribution is 2.54. The lowest BCUT2D eigenvalue weighted by atomic mass is 9.54. The van der Waals surface area contributed by atoms with Gasteiger partial charge in [0.1, 0.15) is 12.8 Å². The van der Waals surface area contributed by atoms with E-state index in [0.29, 0.717) is 36.6 Å². The second-order valence-electron chi connectivity index (χ2n) is 11.7. The van der Waals surface area contributed by atoms with Gasteiger partial charge in [-0.1, -0.05) is 0 Å². The second kappa shape index (κ2) is 10.3. The second-order valence-corrected chi connectivity index (χ2v) is 12.9. The van der Waals surface area contributed by atoms with Crippen molar-refractivity contribution in [3.63, 3.8) is 0 Å². The summed E-state index contributed by atoms with van der Waals surface area (Å²) < 4.78 is 19.6. The number of aliphatic hydroxyl groups is 1. The Hall–Kier alpha value is -0.180. The molecule has 1 amide bonds. The maximum absolute atomic E-state index is 13.8. The van der Waals surface area contributed by atoms with Gasteiger partial charge in [-0.3, -0.25) is 15.4 Å². The molecule has 5 aliphatic carbocycles. The van der Waals surface area contributed by atoms with Crippen LogP contribution in [0.3, 0.4) is 0 Å². The van der Waals surface area contributed by atoms with Gasteiger partial charge in [-0.25, -0.2) is 4.39 Å². The first kappa shape index (κ1) is 25.5. The Balaban J connectivity index is 1.11. The molecular weight excluding hydrogens is 480 g/mol. The van der Waals surface area contributed by atoms with Gasteiger partial charge in [-0.2, -0.15) is 0 Å². The van der Waals surface area contributed by atoms with E-state index >= 15 is 0 Å². The maximum atomic E-state index is 13.8. The smallest absolute Gasteiger partial charge is 0.246 e. The van der Waals surface area contributed by atoms with Gasteiger partial charge >= 0.3 is 0 Å². The van der Waals surface area contributed by atoms with Crippen molar-refractivity contribution < 1.29 is 19.0 Å². The van der Waals surface area contributed by atoms with Gasteiger partial charge in [0, 0.05) is 35.3 Å². The minimum absolute atomic E-state index is 0.0642. The van der Waals surface area contributed by atoms with Crippen LogP contribution in [-0.4, -0.2) is 71.0 Å². The third kappa shape index (κ3) is 5.12. The van der Waals surface area contributed by atoms with Crippen LogP contribution in [0.1, 0.15) is 77.0 Å². The zero-order valence-electron chi connectivity index (χ0n) is 19.9. The Morgan fingerprint density at radius 3 is 2.50 bits per heavy atom. The highest BCUT2D eigenvalue weighted by atomic mass is 35.5. The molecule has 6 fully saturated rings. The summed E-state index contributed by atoms with van der Waals surface area (Å²) in [7, 11) is 0. The fourth-order valence-corrected chi connectivity index (χ4v) is 7.89. The number of rotatable bonds is 6. The highest BCUT2D eigenvalue weighted by Gasteiger charge is 2.59. The topological polar surface area (TPSA) is 82.6 Å². The molecule has 194 valence electrons. The molecule has 0 aromatic carbocycles. The lowest BCUT2D eigenvalue weighted by Crippen LogP contribution is -2.68. The zero-order chi connectivity index (χ0) is 23.9. The van der Waals surface area contributed by atoms with Crippen molar-refractivity contribution in [3.05, 3.63) is 0 Å². The quantitative estimate of drug-likeness (QED) is 0.404. The number of carbonyl (C=O) groups excluding carboxylic acids is 1. The lowest BCUT2D eigenvalue weighted by molar-refractivity contribution is -0.142. The Kier molecular flexibility index (Phi) is 7.71.